The maximum Gasteiger partial charge on any atom is 0.225 e. The molecule has 0 aromatic heterocycles. The first-order chi connectivity index (χ1) is 8.54. The van der Waals surface area contributed by atoms with Crippen molar-refractivity contribution in [3.05, 3.63) is 28.2 Å². The number of hydrogen-bond donors (Lipinski definition) is 2. The van der Waals surface area contributed by atoms with E-state index in [1.807, 2.05) is 6.92 Å². The van der Waals surface area contributed by atoms with Crippen LogP contribution in [-0.2, 0) is 4.79 Å². The van der Waals surface area contributed by atoms with Crippen LogP contribution in [0.3, 0.4) is 0 Å². The van der Waals surface area contributed by atoms with Crippen molar-refractivity contribution < 1.29 is 9.90 Å². The number of halogens is 2. The van der Waals surface area contributed by atoms with E-state index < -0.39 is 0 Å². The van der Waals surface area contributed by atoms with Gasteiger partial charge >= 0.3 is 0 Å². The third kappa shape index (κ3) is 5.06. The summed E-state index contributed by atoms with van der Waals surface area (Å²) >= 11 is 13.4. The molecule has 0 fully saturated rings. The van der Waals surface area contributed by atoms with Crippen LogP contribution < -0.4 is 5.32 Å². The average Bonchev–Trinajstić information content (AvgIpc) is 2.34. The van der Waals surface area contributed by atoms with Gasteiger partial charge < -0.3 is 10.4 Å². The Hall–Kier alpha value is -0.420. The summed E-state index contributed by atoms with van der Waals surface area (Å²) in [5, 5.41) is 12.5. The standard InChI is InChI=1S/C12H15Cl2NO2S/c1-8(7-16)18-6-5-11(17)15-12-9(13)3-2-4-10(12)14/h2-4,8,16H,5-7H2,1H3,(H,15,17). The summed E-state index contributed by atoms with van der Waals surface area (Å²) in [6.45, 7) is 2.02. The molecule has 6 heteroatoms. The van der Waals surface area contributed by atoms with Gasteiger partial charge in [-0.05, 0) is 12.1 Å². The Morgan fingerprint density at radius 2 is 2.06 bits per heavy atom. The predicted octanol–water partition coefficient (Wildman–Crippen LogP) is 3.44. The van der Waals surface area contributed by atoms with Gasteiger partial charge in [-0.25, -0.2) is 0 Å². The molecule has 0 radical (unpaired) electrons. The first kappa shape index (κ1) is 15.6. The molecule has 0 bridgehead atoms. The Morgan fingerprint density at radius 1 is 1.44 bits per heavy atom. The fraction of sp³-hybridized carbons (Fsp3) is 0.417. The molecule has 0 saturated carbocycles. The summed E-state index contributed by atoms with van der Waals surface area (Å²) in [5.74, 6) is 0.512. The number of anilines is 1. The summed E-state index contributed by atoms with van der Waals surface area (Å²) < 4.78 is 0. The lowest BCUT2D eigenvalue weighted by atomic mass is 10.3. The van der Waals surface area contributed by atoms with Gasteiger partial charge in [0.15, 0.2) is 0 Å². The highest BCUT2D eigenvalue weighted by atomic mass is 35.5. The van der Waals surface area contributed by atoms with Gasteiger partial charge in [0, 0.05) is 17.4 Å². The van der Waals surface area contributed by atoms with E-state index in [2.05, 4.69) is 5.32 Å². The molecule has 0 aliphatic heterocycles. The molecule has 0 aliphatic carbocycles. The van der Waals surface area contributed by atoms with Crippen molar-refractivity contribution >= 4 is 46.6 Å². The van der Waals surface area contributed by atoms with Crippen LogP contribution in [0.1, 0.15) is 13.3 Å². The molecule has 3 nitrogen and oxygen atoms in total. The third-order valence-electron chi connectivity index (χ3n) is 2.22. The maximum atomic E-state index is 11.7. The zero-order valence-electron chi connectivity index (χ0n) is 9.95. The summed E-state index contributed by atoms with van der Waals surface area (Å²) in [6.07, 6.45) is 0.358. The lowest BCUT2D eigenvalue weighted by molar-refractivity contribution is -0.115. The first-order valence-electron chi connectivity index (χ1n) is 5.51. The molecule has 0 saturated heterocycles. The molecule has 0 aliphatic rings. The number of hydrogen-bond acceptors (Lipinski definition) is 3. The van der Waals surface area contributed by atoms with Crippen molar-refractivity contribution in [2.75, 3.05) is 17.7 Å². The number of benzene rings is 1. The van der Waals surface area contributed by atoms with Gasteiger partial charge in [0.2, 0.25) is 5.91 Å². The molecule has 18 heavy (non-hydrogen) atoms. The van der Waals surface area contributed by atoms with Crippen LogP contribution in [0.25, 0.3) is 0 Å². The first-order valence-corrected chi connectivity index (χ1v) is 7.31. The van der Waals surface area contributed by atoms with E-state index >= 15 is 0 Å². The van der Waals surface area contributed by atoms with Gasteiger partial charge in [-0.1, -0.05) is 36.2 Å². The summed E-state index contributed by atoms with van der Waals surface area (Å²) in [4.78, 5) is 11.7. The molecule has 1 aromatic carbocycles. The SMILES string of the molecule is CC(CO)SCCC(=O)Nc1c(Cl)cccc1Cl. The van der Waals surface area contributed by atoms with Crippen molar-refractivity contribution in [2.45, 2.75) is 18.6 Å². The predicted molar refractivity (Wildman–Crippen MR) is 78.7 cm³/mol. The molecule has 1 rings (SSSR count). The van der Waals surface area contributed by atoms with E-state index in [0.717, 1.165) is 0 Å². The van der Waals surface area contributed by atoms with E-state index in [9.17, 15) is 4.79 Å². The summed E-state index contributed by atoms with van der Waals surface area (Å²) in [6, 6.07) is 5.07. The number of carbonyl (C=O) groups is 1. The number of para-hydroxylation sites is 1. The number of nitrogens with one attached hydrogen (secondary N) is 1. The second-order valence-electron chi connectivity index (χ2n) is 3.76. The van der Waals surface area contributed by atoms with E-state index in [0.29, 0.717) is 27.9 Å². The van der Waals surface area contributed by atoms with Gasteiger partial charge in [0.1, 0.15) is 0 Å². The number of amides is 1. The Morgan fingerprint density at radius 3 is 2.61 bits per heavy atom. The Labute approximate surface area is 121 Å². The van der Waals surface area contributed by atoms with Crippen molar-refractivity contribution in [1.29, 1.82) is 0 Å². The van der Waals surface area contributed by atoms with Crippen LogP contribution in [0.5, 0.6) is 0 Å². The van der Waals surface area contributed by atoms with Crippen molar-refractivity contribution in [3.63, 3.8) is 0 Å². The second-order valence-corrected chi connectivity index (χ2v) is 6.12. The smallest absolute Gasteiger partial charge is 0.225 e. The van der Waals surface area contributed by atoms with Crippen molar-refractivity contribution in [2.24, 2.45) is 0 Å². The molecular weight excluding hydrogens is 293 g/mol. The summed E-state index contributed by atoms with van der Waals surface area (Å²) in [7, 11) is 0. The number of rotatable bonds is 6. The highest BCUT2D eigenvalue weighted by molar-refractivity contribution is 7.99. The lowest BCUT2D eigenvalue weighted by Gasteiger charge is -2.10. The minimum absolute atomic E-state index is 0.114. The Kier molecular flexibility index (Phi) is 6.86. The maximum absolute atomic E-state index is 11.7. The molecule has 1 atom stereocenters. The number of carbonyl (C=O) groups excluding carboxylic acids is 1. The van der Waals surface area contributed by atoms with Crippen LogP contribution in [0.2, 0.25) is 10.0 Å². The number of aliphatic hydroxyl groups is 1. The van der Waals surface area contributed by atoms with Gasteiger partial charge in [-0.3, -0.25) is 4.79 Å². The highest BCUT2D eigenvalue weighted by Gasteiger charge is 2.10. The average molecular weight is 308 g/mol. The molecule has 0 spiro atoms. The van der Waals surface area contributed by atoms with Gasteiger partial charge in [-0.15, -0.1) is 0 Å². The Bertz CT molecular complexity index is 395. The van der Waals surface area contributed by atoms with E-state index in [4.69, 9.17) is 28.3 Å². The second kappa shape index (κ2) is 7.89. The molecule has 1 amide bonds. The fourth-order valence-corrected chi connectivity index (χ4v) is 2.53. The molecule has 1 aromatic rings. The van der Waals surface area contributed by atoms with Gasteiger partial charge in [0.25, 0.3) is 0 Å². The number of thioether (sulfide) groups is 1. The largest absolute Gasteiger partial charge is 0.395 e. The zero-order valence-corrected chi connectivity index (χ0v) is 12.3. The van der Waals surface area contributed by atoms with Gasteiger partial charge in [0.05, 0.1) is 22.3 Å². The Balaban J connectivity index is 2.45. The van der Waals surface area contributed by atoms with Crippen molar-refractivity contribution in [1.82, 2.24) is 0 Å². The fourth-order valence-electron chi connectivity index (χ4n) is 1.22. The quantitative estimate of drug-likeness (QED) is 0.846. The van der Waals surface area contributed by atoms with E-state index in [1.54, 1.807) is 30.0 Å². The van der Waals surface area contributed by atoms with Crippen LogP contribution in [0.15, 0.2) is 18.2 Å². The number of aliphatic hydroxyl groups excluding tert-OH is 1. The van der Waals surface area contributed by atoms with Crippen LogP contribution in [0.4, 0.5) is 5.69 Å². The highest BCUT2D eigenvalue weighted by Crippen LogP contribution is 2.29. The molecule has 2 N–H and O–H groups in total. The topological polar surface area (TPSA) is 49.3 Å². The van der Waals surface area contributed by atoms with Gasteiger partial charge in [-0.2, -0.15) is 11.8 Å². The van der Waals surface area contributed by atoms with Crippen molar-refractivity contribution in [3.8, 4) is 0 Å². The molecule has 1 unspecified atom stereocenters. The minimum atomic E-state index is -0.136. The normalized spacial score (nSPS) is 12.2. The van der Waals surface area contributed by atoms with Crippen LogP contribution in [0, 0.1) is 0 Å². The molecular formula is C12H15Cl2NO2S. The lowest BCUT2D eigenvalue weighted by Crippen LogP contribution is -2.14. The monoisotopic (exact) mass is 307 g/mol. The molecule has 100 valence electrons. The van der Waals surface area contributed by atoms with Crippen LogP contribution in [-0.4, -0.2) is 28.6 Å². The third-order valence-corrected chi connectivity index (χ3v) is 4.00. The minimum Gasteiger partial charge on any atom is -0.395 e. The molecule has 0 heterocycles. The van der Waals surface area contributed by atoms with Crippen LogP contribution >= 0.6 is 35.0 Å². The van der Waals surface area contributed by atoms with E-state index in [1.165, 1.54) is 0 Å². The van der Waals surface area contributed by atoms with E-state index in [-0.39, 0.29) is 17.8 Å². The zero-order chi connectivity index (χ0) is 13.5. The summed E-state index contributed by atoms with van der Waals surface area (Å²) in [5.41, 5.74) is 0.450.